The minimum Gasteiger partial charge on any atom is -0.491 e. The van der Waals surface area contributed by atoms with Crippen molar-refractivity contribution < 1.29 is 29.2 Å². The number of nitrogens with zero attached hydrogens (tertiary/aromatic N) is 5. The van der Waals surface area contributed by atoms with Gasteiger partial charge in [-0.2, -0.15) is 4.58 Å². The Morgan fingerprint density at radius 3 is 2.73 bits per heavy atom. The molecule has 3 heterocycles. The second-order valence-electron chi connectivity index (χ2n) is 10.8. The van der Waals surface area contributed by atoms with Crippen molar-refractivity contribution in [1.29, 1.82) is 0 Å². The number of aromatic carboxylic acids is 1. The lowest BCUT2D eigenvalue weighted by Gasteiger charge is -2.07. The monoisotopic (exact) mass is 704 g/mol. The number of benzene rings is 2. The predicted molar refractivity (Wildman–Crippen MR) is 190 cm³/mol. The quantitative estimate of drug-likeness (QED) is 0.0429. The highest BCUT2D eigenvalue weighted by atomic mass is 32.1. The second-order valence-corrected chi connectivity index (χ2v) is 12.9. The average molecular weight is 705 g/mol. The maximum atomic E-state index is 14.6. The van der Waals surface area contributed by atoms with E-state index in [2.05, 4.69) is 42.6 Å². The number of carbonyl (C=O) groups is 1. The molecule has 1 unspecified atom stereocenters. The summed E-state index contributed by atoms with van der Waals surface area (Å²) in [5.41, 5.74) is 2.06. The smallest absolute Gasteiger partial charge is 0.372 e. The number of halogens is 1. The van der Waals surface area contributed by atoms with Gasteiger partial charge in [0.05, 0.1) is 41.0 Å². The Bertz CT molecular complexity index is 1990. The Kier molecular flexibility index (Phi) is 12.3. The van der Waals surface area contributed by atoms with Gasteiger partial charge in [-0.15, -0.1) is 0 Å². The highest BCUT2D eigenvalue weighted by molar-refractivity contribution is 7.22. The lowest BCUT2D eigenvalue weighted by molar-refractivity contribution is 0.0690. The molecule has 49 heavy (non-hydrogen) atoms. The molecule has 2 aromatic carbocycles. The highest BCUT2D eigenvalue weighted by Crippen LogP contribution is 2.32. The zero-order valence-electron chi connectivity index (χ0n) is 26.8. The van der Waals surface area contributed by atoms with Gasteiger partial charge in [-0.3, -0.25) is 0 Å². The molecule has 5 aromatic rings. The predicted octanol–water partition coefficient (Wildman–Crippen LogP) is 5.05. The number of thiazole rings is 2. The van der Waals surface area contributed by atoms with Gasteiger partial charge < -0.3 is 30.7 Å². The molecule has 15 heteroatoms. The third-order valence-corrected chi connectivity index (χ3v) is 9.16. The molecule has 0 aliphatic carbocycles. The fourth-order valence-corrected chi connectivity index (χ4v) is 6.58. The first-order chi connectivity index (χ1) is 23.7. The van der Waals surface area contributed by atoms with Gasteiger partial charge in [0.1, 0.15) is 0 Å². The largest absolute Gasteiger partial charge is 0.491 e. The summed E-state index contributed by atoms with van der Waals surface area (Å²) in [6.07, 6.45) is 2.14. The number of carboxylic acids is 1. The van der Waals surface area contributed by atoms with E-state index in [-0.39, 0.29) is 31.1 Å². The summed E-state index contributed by atoms with van der Waals surface area (Å²) in [5, 5.41) is 45.1. The van der Waals surface area contributed by atoms with E-state index in [0.717, 1.165) is 15.8 Å². The van der Waals surface area contributed by atoms with Crippen LogP contribution >= 0.6 is 22.7 Å². The van der Waals surface area contributed by atoms with Crippen molar-refractivity contribution >= 4 is 67.0 Å². The summed E-state index contributed by atoms with van der Waals surface area (Å²) < 4.78 is 22.9. The molecule has 5 rings (SSSR count). The topological polar surface area (TPSA) is 166 Å². The van der Waals surface area contributed by atoms with Crippen LogP contribution in [0.25, 0.3) is 10.2 Å². The van der Waals surface area contributed by atoms with Crippen LogP contribution in [0.3, 0.4) is 0 Å². The number of aliphatic hydroxyl groups excluding tert-OH is 2. The van der Waals surface area contributed by atoms with Gasteiger partial charge in [0.25, 0.3) is 5.82 Å². The van der Waals surface area contributed by atoms with Gasteiger partial charge in [-0.1, -0.05) is 56.7 Å². The van der Waals surface area contributed by atoms with Crippen LogP contribution in [0, 0.1) is 24.6 Å². The molecule has 0 saturated carbocycles. The first-order valence-corrected chi connectivity index (χ1v) is 17.1. The zero-order valence-corrected chi connectivity index (χ0v) is 28.4. The summed E-state index contributed by atoms with van der Waals surface area (Å²) in [6, 6.07) is 14.1. The normalized spacial score (nSPS) is 12.1. The Morgan fingerprint density at radius 2 is 2.00 bits per heavy atom. The third kappa shape index (κ3) is 9.40. The first kappa shape index (κ1) is 35.5. The minimum atomic E-state index is -1.19. The van der Waals surface area contributed by atoms with Crippen LogP contribution in [0.5, 0.6) is 5.75 Å². The number of anilines is 2. The van der Waals surface area contributed by atoms with Crippen LogP contribution < -0.4 is 19.9 Å². The number of ether oxygens (including phenoxy) is 1. The van der Waals surface area contributed by atoms with Crippen molar-refractivity contribution in [1.82, 2.24) is 30.1 Å². The number of fused-ring (bicyclic) bond motifs is 1. The van der Waals surface area contributed by atoms with Crippen LogP contribution in [0.4, 0.5) is 26.3 Å². The highest BCUT2D eigenvalue weighted by Gasteiger charge is 2.27. The summed E-state index contributed by atoms with van der Waals surface area (Å²) in [5.74, 6) is 5.02. The average Bonchev–Trinajstić information content (AvgIpc) is 3.71. The molecule has 5 N–H and O–H groups in total. The van der Waals surface area contributed by atoms with E-state index in [1.54, 1.807) is 30.0 Å². The molecule has 254 valence electrons. The number of hydrogen-bond acceptors (Lipinski definition) is 12. The van der Waals surface area contributed by atoms with Gasteiger partial charge in [0, 0.05) is 28.5 Å². The molecule has 0 amide bonds. The minimum absolute atomic E-state index is 0.0866. The molecule has 0 spiro atoms. The number of carboxylic acid groups (broad SMARTS) is 1. The number of para-hydroxylation sites is 1. The number of aryl methyl sites for hydroxylation is 2. The van der Waals surface area contributed by atoms with Crippen LogP contribution in [-0.4, -0.2) is 80.6 Å². The molecule has 3 aromatic heterocycles. The molecular weight excluding hydrogens is 670 g/mol. The molecule has 0 fully saturated rings. The van der Waals surface area contributed by atoms with E-state index < -0.39 is 17.9 Å². The SMILES string of the molecule is CNCC#Cc1ccc(OCCCc2sc(/[N+](=C\CCC(O)CO)c3cc(C)c(Nc4nc5ccccc5s4)nn3)nc2C(=O)O)c(F)c1. The lowest BCUT2D eigenvalue weighted by Crippen LogP contribution is -2.14. The summed E-state index contributed by atoms with van der Waals surface area (Å²) in [6.45, 7) is 2.12. The second kappa shape index (κ2) is 17.0. The third-order valence-electron chi connectivity index (χ3n) is 7.09. The fourth-order valence-electron chi connectivity index (χ4n) is 4.62. The van der Waals surface area contributed by atoms with Crippen molar-refractivity contribution in [2.75, 3.05) is 32.1 Å². The van der Waals surface area contributed by atoms with E-state index >= 15 is 0 Å². The number of aromatic nitrogens is 4. The van der Waals surface area contributed by atoms with E-state index in [9.17, 15) is 24.5 Å². The summed E-state index contributed by atoms with van der Waals surface area (Å²) >= 11 is 2.67. The van der Waals surface area contributed by atoms with Gasteiger partial charge in [-0.25, -0.2) is 14.2 Å². The molecule has 0 aliphatic rings. The fraction of sp³-hybridized carbons (Fsp3) is 0.294. The molecule has 1 atom stereocenters. The maximum Gasteiger partial charge on any atom is 0.372 e. The molecule has 0 saturated heterocycles. The van der Waals surface area contributed by atoms with Crippen molar-refractivity contribution in [3.05, 3.63) is 76.0 Å². The van der Waals surface area contributed by atoms with Gasteiger partial charge in [0.2, 0.25) is 5.69 Å². The summed E-state index contributed by atoms with van der Waals surface area (Å²) in [7, 11) is 1.78. The number of hydrogen-bond donors (Lipinski definition) is 5. The lowest BCUT2D eigenvalue weighted by atomic mass is 10.2. The zero-order chi connectivity index (χ0) is 34.8. The molecule has 0 radical (unpaired) electrons. The molecule has 12 nitrogen and oxygen atoms in total. The summed E-state index contributed by atoms with van der Waals surface area (Å²) in [4.78, 5) is 21.8. The molecule has 0 aliphatic heterocycles. The molecule has 0 bridgehead atoms. The van der Waals surface area contributed by atoms with Crippen LogP contribution in [0.15, 0.2) is 48.5 Å². The van der Waals surface area contributed by atoms with E-state index in [4.69, 9.17) is 4.74 Å². The van der Waals surface area contributed by atoms with Crippen LogP contribution in [0.1, 0.15) is 45.8 Å². The standard InChI is InChI=1S/C34H34FN7O5S2/c1-21-18-29(40-41-31(21)39-33-37-25-10-3-4-11-27(25)48-33)42(16-6-9-23(44)20-43)34-38-30(32(45)46)28(49-34)12-7-17-47-26-14-13-22(19-24(26)35)8-5-15-36-2/h3-4,10-11,13-14,16,18-19,23,36,43-44H,6-7,9,12,15,17,20H2,1-2H3,(H-,37,39,41,45,46)/p+1/b42-16-. The van der Waals surface area contributed by atoms with Crippen LogP contribution in [-0.2, 0) is 6.42 Å². The van der Waals surface area contributed by atoms with Gasteiger partial charge in [0.15, 0.2) is 22.5 Å². The Morgan fingerprint density at radius 1 is 1.16 bits per heavy atom. The first-order valence-electron chi connectivity index (χ1n) is 15.4. The number of rotatable bonds is 15. The Labute approximate surface area is 290 Å². The molecular formula is C34H35FN7O5S2+. The number of aliphatic hydroxyl groups is 2. The maximum absolute atomic E-state index is 14.6. The van der Waals surface area contributed by atoms with Gasteiger partial charge >= 0.3 is 11.1 Å². The van der Waals surface area contributed by atoms with Crippen molar-refractivity contribution in [3.63, 3.8) is 0 Å². The van der Waals surface area contributed by atoms with Gasteiger partial charge in [-0.05, 0) is 70.0 Å². The Balaban J connectivity index is 1.33. The van der Waals surface area contributed by atoms with E-state index in [0.29, 0.717) is 58.1 Å². The number of nitrogens with one attached hydrogen (secondary N) is 2. The van der Waals surface area contributed by atoms with Crippen molar-refractivity contribution in [3.8, 4) is 17.6 Å². The van der Waals surface area contributed by atoms with E-state index in [1.165, 1.54) is 34.8 Å². The van der Waals surface area contributed by atoms with Crippen LogP contribution in [0.2, 0.25) is 0 Å². The Hall–Kier alpha value is -4.85. The van der Waals surface area contributed by atoms with Crippen molar-refractivity contribution in [2.45, 2.75) is 38.7 Å². The van der Waals surface area contributed by atoms with E-state index in [1.807, 2.05) is 31.2 Å². The van der Waals surface area contributed by atoms with Crippen molar-refractivity contribution in [2.24, 2.45) is 0 Å².